The lowest BCUT2D eigenvalue weighted by atomic mass is 10.3. The van der Waals surface area contributed by atoms with Crippen LogP contribution in [0.5, 0.6) is 0 Å². The van der Waals surface area contributed by atoms with Crippen LogP contribution in [0.25, 0.3) is 0 Å². The van der Waals surface area contributed by atoms with E-state index in [9.17, 15) is 9.18 Å². The zero-order valence-corrected chi connectivity index (χ0v) is 17.3. The third-order valence-electron chi connectivity index (χ3n) is 3.19. The Hall–Kier alpha value is -2.00. The lowest BCUT2D eigenvalue weighted by molar-refractivity contribution is -0.122. The van der Waals surface area contributed by atoms with Crippen LogP contribution in [-0.2, 0) is 4.79 Å². The minimum Gasteiger partial charge on any atom is -0.339 e. The Bertz CT molecular complexity index is 831. The zero-order chi connectivity index (χ0) is 20.6. The number of azo groups is 1. The van der Waals surface area contributed by atoms with Gasteiger partial charge in [-0.15, -0.1) is 0 Å². The summed E-state index contributed by atoms with van der Waals surface area (Å²) in [7, 11) is 0. The molecule has 6 nitrogen and oxygen atoms in total. The molecule has 148 valence electrons. The summed E-state index contributed by atoms with van der Waals surface area (Å²) < 4.78 is 10.4. The summed E-state index contributed by atoms with van der Waals surface area (Å²) in [6, 6.07) is 16.2. The quantitative estimate of drug-likeness (QED) is 0.239. The number of carbonyl (C=O) groups is 1. The Morgan fingerprint density at radius 1 is 1.00 bits per heavy atom. The highest BCUT2D eigenvalue weighted by Crippen LogP contribution is 2.29. The summed E-state index contributed by atoms with van der Waals surface area (Å²) in [5, 5.41) is 16.0. The molecule has 0 fully saturated rings. The number of anilines is 1. The molecular formula is C17H15Cl3FN5OS. The van der Waals surface area contributed by atoms with Gasteiger partial charge in [0, 0.05) is 5.69 Å². The van der Waals surface area contributed by atoms with E-state index in [0.29, 0.717) is 11.4 Å². The molecule has 2 aromatic rings. The van der Waals surface area contributed by atoms with E-state index in [1.807, 2.05) is 30.3 Å². The predicted octanol–water partition coefficient (Wildman–Crippen LogP) is 5.17. The number of nitrogens with one attached hydrogen (secondary N) is 3. The first-order chi connectivity index (χ1) is 13.3. The Balaban J connectivity index is 1.96. The first-order valence-corrected chi connectivity index (χ1v) is 9.38. The Morgan fingerprint density at radius 2 is 1.57 bits per heavy atom. The molecule has 0 radical (unpaired) electrons. The van der Waals surface area contributed by atoms with Crippen molar-refractivity contribution in [2.45, 2.75) is 9.96 Å². The topological polar surface area (TPSA) is 77.9 Å². The first kappa shape index (κ1) is 22.3. The van der Waals surface area contributed by atoms with E-state index in [2.05, 4.69) is 26.2 Å². The number of hydrogen-bond donors (Lipinski definition) is 3. The molecule has 2 aromatic carbocycles. The van der Waals surface area contributed by atoms with Gasteiger partial charge in [-0.25, -0.2) is 4.39 Å². The van der Waals surface area contributed by atoms with E-state index in [0.717, 1.165) is 5.69 Å². The monoisotopic (exact) mass is 461 g/mol. The van der Waals surface area contributed by atoms with Crippen LogP contribution >= 0.6 is 47.0 Å². The average Bonchev–Trinajstić information content (AvgIpc) is 2.67. The molecule has 1 amide bonds. The summed E-state index contributed by atoms with van der Waals surface area (Å²) in [5.74, 6) is -0.945. The van der Waals surface area contributed by atoms with Crippen molar-refractivity contribution in [1.29, 1.82) is 0 Å². The normalized spacial score (nSPS) is 12.4. The van der Waals surface area contributed by atoms with Crippen LogP contribution in [0.4, 0.5) is 21.5 Å². The van der Waals surface area contributed by atoms with Gasteiger partial charge in [0.05, 0.1) is 11.4 Å². The van der Waals surface area contributed by atoms with E-state index in [1.165, 1.54) is 0 Å². The minimum atomic E-state index is -1.95. The van der Waals surface area contributed by atoms with Gasteiger partial charge in [0.2, 0.25) is 3.79 Å². The van der Waals surface area contributed by atoms with E-state index in [4.69, 9.17) is 47.0 Å². The van der Waals surface area contributed by atoms with Gasteiger partial charge < -0.3 is 16.0 Å². The molecule has 0 aliphatic heterocycles. The smallest absolute Gasteiger partial charge is 0.253 e. The van der Waals surface area contributed by atoms with Crippen molar-refractivity contribution in [2.24, 2.45) is 10.2 Å². The van der Waals surface area contributed by atoms with Crippen molar-refractivity contribution in [3.05, 3.63) is 54.6 Å². The fourth-order valence-corrected chi connectivity index (χ4v) is 2.48. The zero-order valence-electron chi connectivity index (χ0n) is 14.2. The molecule has 0 heterocycles. The number of halogens is 4. The van der Waals surface area contributed by atoms with Crippen molar-refractivity contribution >= 4 is 75.1 Å². The third-order valence-corrected chi connectivity index (χ3v) is 4.07. The average molecular weight is 463 g/mol. The first-order valence-electron chi connectivity index (χ1n) is 7.84. The Morgan fingerprint density at radius 3 is 2.11 bits per heavy atom. The molecule has 1 unspecified atom stereocenters. The van der Waals surface area contributed by atoms with E-state index < -0.39 is 22.5 Å². The highest BCUT2D eigenvalue weighted by molar-refractivity contribution is 7.80. The highest BCUT2D eigenvalue weighted by Gasteiger charge is 2.34. The molecule has 0 aliphatic carbocycles. The number of amides is 1. The number of benzene rings is 2. The second-order valence-corrected chi connectivity index (χ2v) is 8.13. The maximum atomic E-state index is 12.4. The van der Waals surface area contributed by atoms with Crippen LogP contribution in [0, 0.1) is 0 Å². The molecule has 0 saturated heterocycles. The molecule has 28 heavy (non-hydrogen) atoms. The maximum Gasteiger partial charge on any atom is 0.253 e. The van der Waals surface area contributed by atoms with Gasteiger partial charge in [0.1, 0.15) is 6.17 Å². The molecule has 1 atom stereocenters. The molecule has 3 N–H and O–H groups in total. The van der Waals surface area contributed by atoms with E-state index in [-0.39, 0.29) is 5.11 Å². The van der Waals surface area contributed by atoms with Crippen LogP contribution in [0.2, 0.25) is 0 Å². The minimum absolute atomic E-state index is 0.0640. The largest absolute Gasteiger partial charge is 0.339 e. The number of alkyl halides is 4. The fourth-order valence-electron chi connectivity index (χ4n) is 1.92. The third kappa shape index (κ3) is 7.55. The van der Waals surface area contributed by atoms with E-state index in [1.54, 1.807) is 24.3 Å². The lowest BCUT2D eigenvalue weighted by Gasteiger charge is -2.27. The number of thiocarbonyl (C=S) groups is 1. The number of rotatable bonds is 6. The summed E-state index contributed by atoms with van der Waals surface area (Å²) in [6.45, 7) is -1.25. The fraction of sp³-hybridized carbons (Fsp3) is 0.176. The number of nitrogens with zero attached hydrogens (tertiary/aromatic N) is 2. The van der Waals surface area contributed by atoms with Crippen LogP contribution in [0.15, 0.2) is 64.8 Å². The maximum absolute atomic E-state index is 12.4. The highest BCUT2D eigenvalue weighted by atomic mass is 35.6. The van der Waals surface area contributed by atoms with Crippen LogP contribution in [-0.4, -0.2) is 27.7 Å². The van der Waals surface area contributed by atoms with Gasteiger partial charge in [-0.05, 0) is 48.6 Å². The molecule has 0 aromatic heterocycles. The SMILES string of the molecule is O=C(CF)NC(NC(=S)Nc1ccc(N=Nc2ccccc2)cc1)C(Cl)(Cl)Cl. The molecule has 0 spiro atoms. The van der Waals surface area contributed by atoms with E-state index >= 15 is 0 Å². The molecular weight excluding hydrogens is 448 g/mol. The van der Waals surface area contributed by atoms with Gasteiger partial charge >= 0.3 is 0 Å². The number of hydrogen-bond acceptors (Lipinski definition) is 4. The predicted molar refractivity (Wildman–Crippen MR) is 115 cm³/mol. The van der Waals surface area contributed by atoms with Crippen molar-refractivity contribution in [3.63, 3.8) is 0 Å². The van der Waals surface area contributed by atoms with Gasteiger partial charge in [-0.2, -0.15) is 10.2 Å². The summed E-state index contributed by atoms with van der Waals surface area (Å²) in [4.78, 5) is 11.2. The van der Waals surface area contributed by atoms with Crippen LogP contribution in [0.1, 0.15) is 0 Å². The molecule has 2 rings (SSSR count). The summed E-state index contributed by atoms with van der Waals surface area (Å²) in [6.07, 6.45) is -1.22. The number of carbonyl (C=O) groups excluding carboxylic acids is 1. The Kier molecular flexibility index (Phi) is 8.37. The van der Waals surface area contributed by atoms with Gasteiger partial charge in [-0.3, -0.25) is 4.79 Å². The molecule has 11 heteroatoms. The molecule has 0 bridgehead atoms. The van der Waals surface area contributed by atoms with Crippen LogP contribution < -0.4 is 16.0 Å². The van der Waals surface area contributed by atoms with Crippen molar-refractivity contribution in [3.8, 4) is 0 Å². The second-order valence-electron chi connectivity index (χ2n) is 5.36. The van der Waals surface area contributed by atoms with Crippen molar-refractivity contribution < 1.29 is 9.18 Å². The van der Waals surface area contributed by atoms with Crippen LogP contribution in [0.3, 0.4) is 0 Å². The van der Waals surface area contributed by atoms with Gasteiger partial charge in [0.25, 0.3) is 5.91 Å². The Labute approximate surface area is 181 Å². The lowest BCUT2D eigenvalue weighted by Crippen LogP contribution is -2.56. The molecule has 0 aliphatic rings. The standard InChI is InChI=1S/C17H15Cl3FN5OS/c18-17(19,20)15(23-14(27)10-21)24-16(28)22-11-6-8-13(9-7-11)26-25-12-4-2-1-3-5-12/h1-9,15H,10H2,(H,23,27)(H2,22,24,28). The van der Waals surface area contributed by atoms with Crippen molar-refractivity contribution in [2.75, 3.05) is 12.0 Å². The summed E-state index contributed by atoms with van der Waals surface area (Å²) >= 11 is 22.5. The van der Waals surface area contributed by atoms with Gasteiger partial charge in [0.15, 0.2) is 11.8 Å². The van der Waals surface area contributed by atoms with Crippen molar-refractivity contribution in [1.82, 2.24) is 10.6 Å². The summed E-state index contributed by atoms with van der Waals surface area (Å²) in [5.41, 5.74) is 2.00. The second kappa shape index (κ2) is 10.5. The molecule has 0 saturated carbocycles. The van der Waals surface area contributed by atoms with Gasteiger partial charge in [-0.1, -0.05) is 53.0 Å².